The van der Waals surface area contributed by atoms with Crippen molar-refractivity contribution in [2.24, 2.45) is 11.0 Å². The fourth-order valence-electron chi connectivity index (χ4n) is 2.65. The molecule has 2 rings (SSSR count). The molecule has 0 radical (unpaired) electrons. The Morgan fingerprint density at radius 2 is 2.00 bits per heavy atom. The summed E-state index contributed by atoms with van der Waals surface area (Å²) in [6.45, 7) is 5.09. The fraction of sp³-hybridized carbons (Fsp3) is 0.556. The molecule has 0 fully saturated rings. The first kappa shape index (κ1) is 22.8. The van der Waals surface area contributed by atoms with Gasteiger partial charge in [-0.15, -0.1) is 0 Å². The smallest absolute Gasteiger partial charge is 0.438 e. The molecule has 1 aliphatic rings. The summed E-state index contributed by atoms with van der Waals surface area (Å²) in [4.78, 5) is 12.6. The van der Waals surface area contributed by atoms with Gasteiger partial charge in [-0.2, -0.15) is 23.3 Å². The van der Waals surface area contributed by atoms with E-state index in [0.29, 0.717) is 11.4 Å². The molecule has 1 aliphatic heterocycles. The van der Waals surface area contributed by atoms with Gasteiger partial charge in [0, 0.05) is 17.2 Å². The van der Waals surface area contributed by atoms with Gasteiger partial charge < -0.3 is 9.84 Å². The highest BCUT2D eigenvalue weighted by Gasteiger charge is 2.63. The van der Waals surface area contributed by atoms with Crippen LogP contribution >= 0.6 is 23.2 Å². The number of carbonyl (C=O) groups excluding carboxylic acids is 1. The summed E-state index contributed by atoms with van der Waals surface area (Å²) < 4.78 is 46.0. The molecular weight excluding hydrogens is 420 g/mol. The number of hydrazone groups is 1. The van der Waals surface area contributed by atoms with Gasteiger partial charge in [-0.25, -0.2) is 0 Å². The van der Waals surface area contributed by atoms with E-state index in [4.69, 9.17) is 27.9 Å². The number of hydrogen-bond donors (Lipinski definition) is 1. The van der Waals surface area contributed by atoms with Crippen LogP contribution in [0.4, 0.5) is 13.2 Å². The van der Waals surface area contributed by atoms with E-state index in [-0.39, 0.29) is 33.8 Å². The number of alkyl halides is 3. The molecular formula is C18H21Cl2F3N2O3. The van der Waals surface area contributed by atoms with E-state index < -0.39 is 30.3 Å². The molecule has 1 amide bonds. The first-order valence-corrected chi connectivity index (χ1v) is 9.42. The summed E-state index contributed by atoms with van der Waals surface area (Å²) in [5.74, 6) is -0.822. The molecule has 0 saturated carbocycles. The SMILES string of the molecule is CC(C)CCC1=NN(C(=O)[C@@H](C)Oc2ccc(Cl)cc2Cl)[C@](O)(C(F)(F)F)C1. The standard InChI is InChI=1S/C18H21Cl2F3N2O3/c1-10(2)4-6-13-9-17(27,18(21,22)23)25(24-13)16(26)11(3)28-15-7-5-12(19)8-14(15)20/h5,7-8,10-11,27H,4,6,9H2,1-3H3/t11-,17-/m1/s1. The number of ether oxygens (including phenoxy) is 1. The normalized spacial score (nSPS) is 21.1. The zero-order chi connectivity index (χ0) is 21.3. The Kier molecular flexibility index (Phi) is 6.89. The summed E-state index contributed by atoms with van der Waals surface area (Å²) >= 11 is 11.8. The van der Waals surface area contributed by atoms with Crippen LogP contribution in [-0.4, -0.2) is 39.7 Å². The molecule has 0 aromatic heterocycles. The molecule has 28 heavy (non-hydrogen) atoms. The molecule has 5 nitrogen and oxygen atoms in total. The Labute approximate surface area is 171 Å². The van der Waals surface area contributed by atoms with Crippen LogP contribution in [0.3, 0.4) is 0 Å². The van der Waals surface area contributed by atoms with E-state index in [1.54, 1.807) is 0 Å². The second-order valence-corrected chi connectivity index (χ2v) is 7.92. The third-order valence-corrected chi connectivity index (χ3v) is 4.79. The van der Waals surface area contributed by atoms with Gasteiger partial charge in [-0.05, 0) is 43.9 Å². The van der Waals surface area contributed by atoms with Crippen LogP contribution in [-0.2, 0) is 4.79 Å². The van der Waals surface area contributed by atoms with Gasteiger partial charge in [0.05, 0.1) is 5.02 Å². The number of benzene rings is 1. The zero-order valence-corrected chi connectivity index (χ0v) is 17.1. The average Bonchev–Trinajstić information content (AvgIpc) is 2.92. The highest BCUT2D eigenvalue weighted by Crippen LogP contribution is 2.41. The van der Waals surface area contributed by atoms with Crippen molar-refractivity contribution < 1.29 is 27.8 Å². The highest BCUT2D eigenvalue weighted by molar-refractivity contribution is 6.35. The van der Waals surface area contributed by atoms with Crippen molar-refractivity contribution in [3.05, 3.63) is 28.2 Å². The predicted molar refractivity (Wildman–Crippen MR) is 101 cm³/mol. The third kappa shape index (κ3) is 4.90. The minimum Gasteiger partial charge on any atom is -0.479 e. The lowest BCUT2D eigenvalue weighted by Gasteiger charge is -2.33. The van der Waals surface area contributed by atoms with Crippen molar-refractivity contribution in [1.29, 1.82) is 0 Å². The minimum absolute atomic E-state index is 0.0747. The van der Waals surface area contributed by atoms with Crippen molar-refractivity contribution in [1.82, 2.24) is 5.01 Å². The van der Waals surface area contributed by atoms with Gasteiger partial charge in [0.2, 0.25) is 0 Å². The summed E-state index contributed by atoms with van der Waals surface area (Å²) in [6.07, 6.45) is -6.41. The van der Waals surface area contributed by atoms with Gasteiger partial charge in [-0.1, -0.05) is 37.0 Å². The summed E-state index contributed by atoms with van der Waals surface area (Å²) in [5.41, 5.74) is -3.30. The molecule has 10 heteroatoms. The van der Waals surface area contributed by atoms with E-state index in [1.807, 2.05) is 13.8 Å². The topological polar surface area (TPSA) is 62.1 Å². The number of aliphatic hydroxyl groups is 1. The van der Waals surface area contributed by atoms with Crippen molar-refractivity contribution in [3.63, 3.8) is 0 Å². The van der Waals surface area contributed by atoms with Crippen LogP contribution in [0.15, 0.2) is 23.3 Å². The lowest BCUT2D eigenvalue weighted by atomic mass is 9.99. The van der Waals surface area contributed by atoms with Gasteiger partial charge in [0.1, 0.15) is 5.75 Å². The van der Waals surface area contributed by atoms with E-state index in [2.05, 4.69) is 5.10 Å². The van der Waals surface area contributed by atoms with Gasteiger partial charge >= 0.3 is 6.18 Å². The minimum atomic E-state index is -5.08. The van der Waals surface area contributed by atoms with E-state index in [9.17, 15) is 23.1 Å². The monoisotopic (exact) mass is 440 g/mol. The van der Waals surface area contributed by atoms with Crippen LogP contribution < -0.4 is 4.74 Å². The Morgan fingerprint density at radius 3 is 2.54 bits per heavy atom. The van der Waals surface area contributed by atoms with E-state index in [1.165, 1.54) is 25.1 Å². The van der Waals surface area contributed by atoms with E-state index in [0.717, 1.165) is 0 Å². The molecule has 0 aliphatic carbocycles. The van der Waals surface area contributed by atoms with Crippen LogP contribution in [0, 0.1) is 5.92 Å². The van der Waals surface area contributed by atoms with Crippen LogP contribution in [0.5, 0.6) is 5.75 Å². The quantitative estimate of drug-likeness (QED) is 0.673. The van der Waals surface area contributed by atoms with Crippen molar-refractivity contribution in [2.75, 3.05) is 0 Å². The molecule has 1 aromatic rings. The van der Waals surface area contributed by atoms with Gasteiger partial charge in [0.25, 0.3) is 11.6 Å². The first-order chi connectivity index (χ1) is 12.8. The number of nitrogens with zero attached hydrogens (tertiary/aromatic N) is 2. The summed E-state index contributed by atoms with van der Waals surface area (Å²) in [5, 5.41) is 14.6. The molecule has 0 saturated heterocycles. The fourth-order valence-corrected chi connectivity index (χ4v) is 3.10. The molecule has 1 N–H and O–H groups in total. The summed E-state index contributed by atoms with van der Waals surface area (Å²) in [6, 6.07) is 4.23. The molecule has 1 aromatic carbocycles. The molecule has 2 atom stereocenters. The van der Waals surface area contributed by atoms with Crippen LogP contribution in [0.25, 0.3) is 0 Å². The van der Waals surface area contributed by atoms with Crippen molar-refractivity contribution >= 4 is 34.8 Å². The van der Waals surface area contributed by atoms with Gasteiger partial charge in [-0.3, -0.25) is 4.79 Å². The number of hydrogen-bond acceptors (Lipinski definition) is 4. The lowest BCUT2D eigenvalue weighted by molar-refractivity contribution is -0.303. The van der Waals surface area contributed by atoms with Crippen LogP contribution in [0.1, 0.15) is 40.0 Å². The maximum Gasteiger partial charge on any atom is 0.438 e. The Hall–Kier alpha value is -1.51. The second-order valence-electron chi connectivity index (χ2n) is 7.07. The maximum atomic E-state index is 13.5. The third-order valence-electron chi connectivity index (χ3n) is 4.26. The zero-order valence-electron chi connectivity index (χ0n) is 15.6. The second kappa shape index (κ2) is 8.47. The Bertz CT molecular complexity index is 771. The number of carbonyl (C=O) groups is 1. The van der Waals surface area contributed by atoms with Crippen molar-refractivity contribution in [3.8, 4) is 5.75 Å². The number of halogens is 5. The number of amides is 1. The number of rotatable bonds is 6. The first-order valence-electron chi connectivity index (χ1n) is 8.66. The van der Waals surface area contributed by atoms with Crippen LogP contribution in [0.2, 0.25) is 10.0 Å². The maximum absolute atomic E-state index is 13.5. The summed E-state index contributed by atoms with van der Waals surface area (Å²) in [7, 11) is 0. The highest BCUT2D eigenvalue weighted by atomic mass is 35.5. The van der Waals surface area contributed by atoms with E-state index >= 15 is 0 Å². The Morgan fingerprint density at radius 1 is 1.36 bits per heavy atom. The average molecular weight is 441 g/mol. The predicted octanol–water partition coefficient (Wildman–Crippen LogP) is 5.04. The Balaban J connectivity index is 2.24. The molecule has 1 heterocycles. The van der Waals surface area contributed by atoms with Crippen molar-refractivity contribution in [2.45, 2.75) is 58.0 Å². The molecule has 0 unspecified atom stereocenters. The van der Waals surface area contributed by atoms with Gasteiger partial charge in [0.15, 0.2) is 6.10 Å². The molecule has 156 valence electrons. The largest absolute Gasteiger partial charge is 0.479 e. The molecule has 0 spiro atoms. The molecule has 0 bridgehead atoms. The lowest BCUT2D eigenvalue weighted by Crippen LogP contribution is -2.58.